The number of aromatic nitrogens is 1. The van der Waals surface area contributed by atoms with Crippen molar-refractivity contribution in [3.05, 3.63) is 47.2 Å². The number of hydrogen-bond acceptors (Lipinski definition) is 4. The van der Waals surface area contributed by atoms with Crippen LogP contribution in [-0.4, -0.2) is 22.7 Å². The summed E-state index contributed by atoms with van der Waals surface area (Å²) >= 11 is 0. The monoisotopic (exact) mass is 329 g/mol. The standard InChI is InChI=1S/C19H23NO4/c1-13-17(20-19(24-13)15-6-2-3-7-15)9-10-23-16-8-4-5-14(11-16)12-18(21)22/h4-5,8,11,15H,2-3,6-7,9-10,12H2,1H3,(H,21,22). The van der Waals surface area contributed by atoms with Crippen molar-refractivity contribution in [2.75, 3.05) is 6.61 Å². The van der Waals surface area contributed by atoms with Crippen LogP contribution in [0.1, 0.15) is 54.5 Å². The average molecular weight is 329 g/mol. The molecule has 0 amide bonds. The van der Waals surface area contributed by atoms with Crippen LogP contribution in [-0.2, 0) is 17.6 Å². The first kappa shape index (κ1) is 16.6. The normalized spacial score (nSPS) is 14.9. The van der Waals surface area contributed by atoms with Crippen LogP contribution in [0.25, 0.3) is 0 Å². The molecule has 3 rings (SSSR count). The highest BCUT2D eigenvalue weighted by molar-refractivity contribution is 5.70. The summed E-state index contributed by atoms with van der Waals surface area (Å²) in [7, 11) is 0. The number of rotatable bonds is 7. The summed E-state index contributed by atoms with van der Waals surface area (Å²) in [6.07, 6.45) is 5.56. The van der Waals surface area contributed by atoms with Gasteiger partial charge in [0, 0.05) is 12.3 Å². The number of aliphatic carboxylic acids is 1. The molecule has 1 aromatic carbocycles. The zero-order chi connectivity index (χ0) is 16.9. The van der Waals surface area contributed by atoms with E-state index in [9.17, 15) is 4.79 Å². The molecule has 5 nitrogen and oxygen atoms in total. The molecule has 128 valence electrons. The molecule has 0 unspecified atom stereocenters. The predicted octanol–water partition coefficient (Wildman–Crippen LogP) is 3.89. The third-order valence-corrected chi connectivity index (χ3v) is 4.48. The van der Waals surface area contributed by atoms with Crippen molar-refractivity contribution in [3.8, 4) is 5.75 Å². The lowest BCUT2D eigenvalue weighted by Crippen LogP contribution is -2.04. The van der Waals surface area contributed by atoms with Gasteiger partial charge in [0.1, 0.15) is 11.5 Å². The number of oxazole rings is 1. The molecule has 1 N–H and O–H groups in total. The summed E-state index contributed by atoms with van der Waals surface area (Å²) in [6.45, 7) is 2.45. The summed E-state index contributed by atoms with van der Waals surface area (Å²) in [4.78, 5) is 15.4. The third kappa shape index (κ3) is 4.16. The lowest BCUT2D eigenvalue weighted by molar-refractivity contribution is -0.136. The first-order valence-electron chi connectivity index (χ1n) is 8.51. The van der Waals surface area contributed by atoms with Gasteiger partial charge in [0.05, 0.1) is 18.7 Å². The Bertz CT molecular complexity index is 701. The number of carboxylic acids is 1. The summed E-state index contributed by atoms with van der Waals surface area (Å²) in [5.74, 6) is 2.07. The zero-order valence-corrected chi connectivity index (χ0v) is 14.0. The maximum Gasteiger partial charge on any atom is 0.307 e. The molecule has 2 aromatic rings. The highest BCUT2D eigenvalue weighted by Gasteiger charge is 2.23. The van der Waals surface area contributed by atoms with Crippen LogP contribution in [0.15, 0.2) is 28.7 Å². The van der Waals surface area contributed by atoms with E-state index in [-0.39, 0.29) is 6.42 Å². The molecular weight excluding hydrogens is 306 g/mol. The summed E-state index contributed by atoms with van der Waals surface area (Å²) in [6, 6.07) is 7.21. The minimum atomic E-state index is -0.843. The van der Waals surface area contributed by atoms with Crippen LogP contribution in [0.3, 0.4) is 0 Å². The minimum absolute atomic E-state index is 0.00431. The van der Waals surface area contributed by atoms with E-state index in [0.29, 0.717) is 24.7 Å². The molecule has 1 aliphatic carbocycles. The molecule has 1 heterocycles. The number of aryl methyl sites for hydroxylation is 1. The lowest BCUT2D eigenvalue weighted by atomic mass is 10.1. The molecule has 1 aliphatic rings. The SMILES string of the molecule is Cc1oc(C2CCCC2)nc1CCOc1cccc(CC(=O)O)c1. The topological polar surface area (TPSA) is 72.6 Å². The van der Waals surface area contributed by atoms with Gasteiger partial charge in [-0.3, -0.25) is 4.79 Å². The fourth-order valence-corrected chi connectivity index (χ4v) is 3.22. The van der Waals surface area contributed by atoms with Crippen molar-refractivity contribution in [2.45, 2.75) is 51.4 Å². The molecule has 1 saturated carbocycles. The highest BCUT2D eigenvalue weighted by atomic mass is 16.5. The van der Waals surface area contributed by atoms with Gasteiger partial charge in [0.25, 0.3) is 0 Å². The quantitative estimate of drug-likeness (QED) is 0.834. The van der Waals surface area contributed by atoms with E-state index < -0.39 is 5.97 Å². The van der Waals surface area contributed by atoms with Gasteiger partial charge in [-0.2, -0.15) is 0 Å². The van der Waals surface area contributed by atoms with Gasteiger partial charge in [-0.15, -0.1) is 0 Å². The van der Waals surface area contributed by atoms with E-state index in [4.69, 9.17) is 14.3 Å². The summed E-state index contributed by atoms with van der Waals surface area (Å²) in [5, 5.41) is 8.85. The molecule has 1 fully saturated rings. The van der Waals surface area contributed by atoms with E-state index >= 15 is 0 Å². The summed E-state index contributed by atoms with van der Waals surface area (Å²) < 4.78 is 11.6. The Morgan fingerprint density at radius 3 is 2.92 bits per heavy atom. The second-order valence-electron chi connectivity index (χ2n) is 6.35. The molecule has 24 heavy (non-hydrogen) atoms. The van der Waals surface area contributed by atoms with Crippen molar-refractivity contribution in [2.24, 2.45) is 0 Å². The van der Waals surface area contributed by atoms with Crippen LogP contribution in [0, 0.1) is 6.92 Å². The van der Waals surface area contributed by atoms with Gasteiger partial charge in [-0.25, -0.2) is 4.98 Å². The van der Waals surface area contributed by atoms with Gasteiger partial charge in [0.15, 0.2) is 5.89 Å². The lowest BCUT2D eigenvalue weighted by Gasteiger charge is -2.06. The minimum Gasteiger partial charge on any atom is -0.493 e. The maximum absolute atomic E-state index is 10.8. The number of hydrogen-bond donors (Lipinski definition) is 1. The Kier molecular flexibility index (Phi) is 5.18. The van der Waals surface area contributed by atoms with Crippen molar-refractivity contribution in [3.63, 3.8) is 0 Å². The smallest absolute Gasteiger partial charge is 0.307 e. The highest BCUT2D eigenvalue weighted by Crippen LogP contribution is 2.34. The maximum atomic E-state index is 10.8. The fourth-order valence-electron chi connectivity index (χ4n) is 3.22. The molecule has 0 aliphatic heterocycles. The van der Waals surface area contributed by atoms with E-state index in [2.05, 4.69) is 4.98 Å². The molecule has 0 bridgehead atoms. The number of carbonyl (C=O) groups is 1. The van der Waals surface area contributed by atoms with Crippen molar-refractivity contribution in [1.29, 1.82) is 0 Å². The van der Waals surface area contributed by atoms with E-state index in [1.165, 1.54) is 25.7 Å². The van der Waals surface area contributed by atoms with Crippen LogP contribution in [0.4, 0.5) is 0 Å². The van der Waals surface area contributed by atoms with Crippen molar-refractivity contribution >= 4 is 5.97 Å². The van der Waals surface area contributed by atoms with Gasteiger partial charge >= 0.3 is 5.97 Å². The second kappa shape index (κ2) is 7.51. The Morgan fingerprint density at radius 2 is 2.17 bits per heavy atom. The van der Waals surface area contributed by atoms with Gasteiger partial charge < -0.3 is 14.3 Å². The largest absolute Gasteiger partial charge is 0.493 e. The summed E-state index contributed by atoms with van der Waals surface area (Å²) in [5.41, 5.74) is 1.69. The van der Waals surface area contributed by atoms with E-state index in [0.717, 1.165) is 22.9 Å². The van der Waals surface area contributed by atoms with Crippen molar-refractivity contribution < 1.29 is 19.1 Å². The Balaban J connectivity index is 1.55. The Hall–Kier alpha value is -2.30. The Labute approximate surface area is 141 Å². The van der Waals surface area contributed by atoms with Crippen LogP contribution < -0.4 is 4.74 Å². The first-order valence-corrected chi connectivity index (χ1v) is 8.51. The first-order chi connectivity index (χ1) is 11.6. The van der Waals surface area contributed by atoms with Gasteiger partial charge in [-0.05, 0) is 37.5 Å². The number of nitrogens with zero attached hydrogens (tertiary/aromatic N) is 1. The van der Waals surface area contributed by atoms with E-state index in [1.807, 2.05) is 19.1 Å². The molecule has 5 heteroatoms. The van der Waals surface area contributed by atoms with Crippen LogP contribution >= 0.6 is 0 Å². The van der Waals surface area contributed by atoms with Crippen LogP contribution in [0.5, 0.6) is 5.75 Å². The molecule has 0 radical (unpaired) electrons. The molecule has 0 atom stereocenters. The Morgan fingerprint density at radius 1 is 1.38 bits per heavy atom. The molecule has 1 aromatic heterocycles. The van der Waals surface area contributed by atoms with E-state index in [1.54, 1.807) is 12.1 Å². The zero-order valence-electron chi connectivity index (χ0n) is 14.0. The van der Waals surface area contributed by atoms with Crippen molar-refractivity contribution in [1.82, 2.24) is 4.98 Å². The van der Waals surface area contributed by atoms with Gasteiger partial charge in [0.2, 0.25) is 0 Å². The fraction of sp³-hybridized carbons (Fsp3) is 0.474. The number of ether oxygens (including phenoxy) is 1. The average Bonchev–Trinajstić information content (AvgIpc) is 3.17. The third-order valence-electron chi connectivity index (χ3n) is 4.48. The molecular formula is C19H23NO4. The predicted molar refractivity (Wildman–Crippen MR) is 89.4 cm³/mol. The van der Waals surface area contributed by atoms with Crippen LogP contribution in [0.2, 0.25) is 0 Å². The number of benzene rings is 1. The van der Waals surface area contributed by atoms with Gasteiger partial charge in [-0.1, -0.05) is 25.0 Å². The number of carboxylic acid groups (broad SMARTS) is 1. The second-order valence-corrected chi connectivity index (χ2v) is 6.35. The molecule has 0 spiro atoms. The molecule has 0 saturated heterocycles.